The third-order valence-corrected chi connectivity index (χ3v) is 2.25. The van der Waals surface area contributed by atoms with Gasteiger partial charge in [0.05, 0.1) is 13.1 Å². The second kappa shape index (κ2) is 5.26. The minimum absolute atomic E-state index is 0.0624. The average Bonchev–Trinajstić information content (AvgIpc) is 1.99. The smallest absolute Gasteiger partial charge is 0.317 e. The summed E-state index contributed by atoms with van der Waals surface area (Å²) in [6.07, 6.45) is 0. The normalized spacial score (nSPS) is 12.2. The van der Waals surface area contributed by atoms with Gasteiger partial charge in [0, 0.05) is 11.5 Å². The van der Waals surface area contributed by atoms with Crippen LogP contribution in [0.3, 0.4) is 0 Å². The summed E-state index contributed by atoms with van der Waals surface area (Å²) in [6, 6.07) is 0.0624. The van der Waals surface area contributed by atoms with Gasteiger partial charge >= 0.3 is 5.97 Å². The summed E-state index contributed by atoms with van der Waals surface area (Å²) >= 11 is 0. The van der Waals surface area contributed by atoms with Crippen LogP contribution in [0.4, 0.5) is 0 Å². The van der Waals surface area contributed by atoms with Crippen molar-refractivity contribution < 1.29 is 14.7 Å². The number of nitrogens with zero attached hydrogens (tertiary/aromatic N) is 1. The Labute approximate surface area is 91.3 Å². The van der Waals surface area contributed by atoms with Crippen molar-refractivity contribution in [1.82, 2.24) is 4.90 Å². The third-order valence-electron chi connectivity index (χ3n) is 2.25. The van der Waals surface area contributed by atoms with Gasteiger partial charge in [0.2, 0.25) is 0 Å². The van der Waals surface area contributed by atoms with Crippen molar-refractivity contribution in [3.63, 3.8) is 0 Å². The van der Waals surface area contributed by atoms with Crippen molar-refractivity contribution in [2.45, 2.75) is 40.7 Å². The number of rotatable bonds is 5. The van der Waals surface area contributed by atoms with Crippen molar-refractivity contribution in [3.05, 3.63) is 0 Å². The Kier molecular flexibility index (Phi) is 4.94. The zero-order valence-electron chi connectivity index (χ0n) is 10.2. The number of Topliss-reactive ketones (excluding diaryl/α,β-unsaturated/α-hetero) is 1. The molecule has 0 rings (SSSR count). The Hall–Kier alpha value is -0.900. The molecule has 4 nitrogen and oxygen atoms in total. The second-order valence-corrected chi connectivity index (χ2v) is 5.07. The lowest BCUT2D eigenvalue weighted by atomic mass is 9.90. The minimum Gasteiger partial charge on any atom is -0.480 e. The van der Waals surface area contributed by atoms with E-state index in [1.54, 1.807) is 4.90 Å². The van der Waals surface area contributed by atoms with Gasteiger partial charge in [-0.05, 0) is 13.8 Å². The van der Waals surface area contributed by atoms with Gasteiger partial charge in [0.15, 0.2) is 5.78 Å². The van der Waals surface area contributed by atoms with E-state index in [0.717, 1.165) is 0 Å². The van der Waals surface area contributed by atoms with E-state index in [9.17, 15) is 9.59 Å². The van der Waals surface area contributed by atoms with E-state index in [0.29, 0.717) is 0 Å². The first-order valence-corrected chi connectivity index (χ1v) is 5.13. The van der Waals surface area contributed by atoms with Crippen LogP contribution in [0.1, 0.15) is 34.6 Å². The van der Waals surface area contributed by atoms with E-state index in [1.165, 1.54) is 0 Å². The lowest BCUT2D eigenvalue weighted by Crippen LogP contribution is -2.42. The first kappa shape index (κ1) is 14.1. The highest BCUT2D eigenvalue weighted by molar-refractivity contribution is 5.86. The average molecular weight is 215 g/mol. The molecule has 4 heteroatoms. The molecule has 88 valence electrons. The van der Waals surface area contributed by atoms with Crippen LogP contribution in [-0.2, 0) is 9.59 Å². The van der Waals surface area contributed by atoms with Crippen LogP contribution in [0.5, 0.6) is 0 Å². The van der Waals surface area contributed by atoms with Crippen LogP contribution < -0.4 is 0 Å². The first-order chi connectivity index (χ1) is 6.64. The van der Waals surface area contributed by atoms with Crippen LogP contribution in [0.15, 0.2) is 0 Å². The van der Waals surface area contributed by atoms with Crippen LogP contribution in [-0.4, -0.2) is 40.9 Å². The summed E-state index contributed by atoms with van der Waals surface area (Å²) < 4.78 is 0. The van der Waals surface area contributed by atoms with Gasteiger partial charge < -0.3 is 5.11 Å². The molecule has 0 aromatic carbocycles. The van der Waals surface area contributed by atoms with Gasteiger partial charge in [-0.25, -0.2) is 0 Å². The number of carboxylic acid groups (broad SMARTS) is 1. The van der Waals surface area contributed by atoms with Crippen LogP contribution in [0.2, 0.25) is 0 Å². The summed E-state index contributed by atoms with van der Waals surface area (Å²) in [6.45, 7) is 9.42. The zero-order valence-corrected chi connectivity index (χ0v) is 10.2. The molecule has 0 aromatic heterocycles. The molecule has 0 amide bonds. The lowest BCUT2D eigenvalue weighted by Gasteiger charge is -2.27. The fourth-order valence-electron chi connectivity index (χ4n) is 1.02. The fourth-order valence-corrected chi connectivity index (χ4v) is 1.02. The van der Waals surface area contributed by atoms with Gasteiger partial charge in [0.25, 0.3) is 0 Å². The Morgan fingerprint density at radius 1 is 1.20 bits per heavy atom. The molecule has 0 aliphatic carbocycles. The van der Waals surface area contributed by atoms with Gasteiger partial charge in [-0.15, -0.1) is 0 Å². The molecule has 1 N–H and O–H groups in total. The molecule has 0 radical (unpaired) electrons. The molecule has 0 saturated heterocycles. The fraction of sp³-hybridized carbons (Fsp3) is 0.818. The van der Waals surface area contributed by atoms with E-state index in [1.807, 2.05) is 34.6 Å². The van der Waals surface area contributed by atoms with E-state index < -0.39 is 11.4 Å². The highest BCUT2D eigenvalue weighted by Gasteiger charge is 2.25. The Morgan fingerprint density at radius 2 is 1.67 bits per heavy atom. The molecular formula is C11H21NO3. The van der Waals surface area contributed by atoms with E-state index in [2.05, 4.69) is 0 Å². The van der Waals surface area contributed by atoms with Crippen LogP contribution in [0.25, 0.3) is 0 Å². The first-order valence-electron chi connectivity index (χ1n) is 5.13. The van der Waals surface area contributed by atoms with Crippen molar-refractivity contribution in [2.75, 3.05) is 13.1 Å². The molecule has 0 aliphatic rings. The standard InChI is InChI=1S/C11H21NO3/c1-8(2)12(7-10(14)15)6-9(13)11(3,4)5/h8H,6-7H2,1-5H3,(H,14,15). The molecule has 0 heterocycles. The molecule has 0 saturated carbocycles. The van der Waals surface area contributed by atoms with Gasteiger partial charge in [0.1, 0.15) is 0 Å². The minimum atomic E-state index is -0.898. The molecule has 0 spiro atoms. The summed E-state index contributed by atoms with van der Waals surface area (Å²) in [5.74, 6) is -0.831. The Balaban J connectivity index is 4.42. The largest absolute Gasteiger partial charge is 0.480 e. The number of carboxylic acids is 1. The summed E-state index contributed by atoms with van der Waals surface area (Å²) in [4.78, 5) is 24.0. The number of carbonyl (C=O) groups is 2. The maximum absolute atomic E-state index is 11.7. The molecular weight excluding hydrogens is 194 g/mol. The summed E-state index contributed by atoms with van der Waals surface area (Å²) in [5.41, 5.74) is -0.411. The number of carbonyl (C=O) groups excluding carboxylic acids is 1. The highest BCUT2D eigenvalue weighted by Crippen LogP contribution is 2.15. The number of hydrogen-bond donors (Lipinski definition) is 1. The highest BCUT2D eigenvalue weighted by atomic mass is 16.4. The second-order valence-electron chi connectivity index (χ2n) is 5.07. The molecule has 0 fully saturated rings. The topological polar surface area (TPSA) is 57.6 Å². The molecule has 0 atom stereocenters. The van der Waals surface area contributed by atoms with E-state index >= 15 is 0 Å². The number of aliphatic carboxylic acids is 1. The Morgan fingerprint density at radius 3 is 1.93 bits per heavy atom. The molecule has 0 unspecified atom stereocenters. The van der Waals surface area contributed by atoms with Gasteiger partial charge in [-0.1, -0.05) is 20.8 Å². The van der Waals surface area contributed by atoms with Crippen LogP contribution in [0, 0.1) is 5.41 Å². The number of hydrogen-bond acceptors (Lipinski definition) is 3. The molecule has 15 heavy (non-hydrogen) atoms. The predicted molar refractivity (Wildman–Crippen MR) is 58.8 cm³/mol. The van der Waals surface area contributed by atoms with Crippen molar-refractivity contribution >= 4 is 11.8 Å². The van der Waals surface area contributed by atoms with Crippen molar-refractivity contribution in [3.8, 4) is 0 Å². The monoisotopic (exact) mass is 215 g/mol. The van der Waals surface area contributed by atoms with Crippen LogP contribution >= 0.6 is 0 Å². The molecule has 0 aliphatic heterocycles. The SMILES string of the molecule is CC(C)N(CC(=O)O)CC(=O)C(C)(C)C. The van der Waals surface area contributed by atoms with E-state index in [4.69, 9.17) is 5.11 Å². The zero-order chi connectivity index (χ0) is 12.2. The third kappa shape index (κ3) is 5.52. The number of ketones is 1. The summed E-state index contributed by atoms with van der Waals surface area (Å²) in [7, 11) is 0. The maximum atomic E-state index is 11.7. The lowest BCUT2D eigenvalue weighted by molar-refractivity contribution is -0.139. The maximum Gasteiger partial charge on any atom is 0.317 e. The van der Waals surface area contributed by atoms with Gasteiger partial charge in [-0.2, -0.15) is 0 Å². The summed E-state index contributed by atoms with van der Waals surface area (Å²) in [5, 5.41) is 8.70. The van der Waals surface area contributed by atoms with E-state index in [-0.39, 0.29) is 24.9 Å². The van der Waals surface area contributed by atoms with Crippen molar-refractivity contribution in [2.24, 2.45) is 5.41 Å². The quantitative estimate of drug-likeness (QED) is 0.753. The molecule has 0 aromatic rings. The molecule has 0 bridgehead atoms. The van der Waals surface area contributed by atoms with Gasteiger partial charge in [-0.3, -0.25) is 14.5 Å². The predicted octanol–water partition coefficient (Wildman–Crippen LogP) is 1.40. The van der Waals surface area contributed by atoms with Crippen molar-refractivity contribution in [1.29, 1.82) is 0 Å². The Bertz CT molecular complexity index is 241.